The first-order valence-electron chi connectivity index (χ1n) is 7.62. The van der Waals surface area contributed by atoms with Gasteiger partial charge in [-0.15, -0.1) is 0 Å². The Morgan fingerprint density at radius 3 is 2.68 bits per heavy atom. The van der Waals surface area contributed by atoms with Gasteiger partial charge in [-0.2, -0.15) is 5.26 Å². The first-order chi connectivity index (χ1) is 11.7. The van der Waals surface area contributed by atoms with E-state index in [1.807, 2.05) is 19.9 Å². The molecule has 0 aliphatic heterocycles. The lowest BCUT2D eigenvalue weighted by Crippen LogP contribution is -2.50. The minimum Gasteiger partial charge on any atom is -0.496 e. The molecule has 1 N–H and O–H groups in total. The van der Waals surface area contributed by atoms with Gasteiger partial charge in [0.15, 0.2) is 6.61 Å². The Labute approximate surface area is 155 Å². The molecule has 6 nitrogen and oxygen atoms in total. The molecule has 1 atom stereocenters. The molecule has 1 amide bonds. The molecule has 0 bridgehead atoms. The third kappa shape index (κ3) is 6.24. The van der Waals surface area contributed by atoms with Crippen molar-refractivity contribution in [3.8, 4) is 11.8 Å². The van der Waals surface area contributed by atoms with E-state index < -0.39 is 24.0 Å². The normalized spacial score (nSPS) is 13.2. The minimum absolute atomic E-state index is 0.0824. The second kappa shape index (κ2) is 9.23. The number of nitriles is 1. The van der Waals surface area contributed by atoms with E-state index >= 15 is 0 Å². The Balaban J connectivity index is 2.62. The molecule has 0 aliphatic carbocycles. The quantitative estimate of drug-likeness (QED) is 0.553. The molecule has 7 heteroatoms. The van der Waals surface area contributed by atoms with Gasteiger partial charge in [-0.05, 0) is 37.1 Å². The number of halogens is 1. The zero-order valence-corrected chi connectivity index (χ0v) is 16.2. The molecule has 1 aromatic rings. The summed E-state index contributed by atoms with van der Waals surface area (Å²) < 4.78 is 10.9. The van der Waals surface area contributed by atoms with E-state index in [1.165, 1.54) is 19.3 Å². The number of hydrogen-bond donors (Lipinski definition) is 1. The number of carbonyl (C=O) groups excluding carboxylic acids is 2. The SMILES string of the molecule is COc1ccc(Br)cc1/C=C/C(=O)OCC(=O)N[C@](C)(C#N)C(C)C. The number of ether oxygens (including phenoxy) is 2. The summed E-state index contributed by atoms with van der Waals surface area (Å²) in [5.74, 6) is -0.673. The van der Waals surface area contributed by atoms with Crippen LogP contribution in [0.3, 0.4) is 0 Å². The fourth-order valence-electron chi connectivity index (χ4n) is 1.81. The molecular formula is C18H21BrN2O4. The third-order valence-corrected chi connectivity index (χ3v) is 4.22. The van der Waals surface area contributed by atoms with Gasteiger partial charge in [0, 0.05) is 16.1 Å². The van der Waals surface area contributed by atoms with Crippen LogP contribution in [0, 0.1) is 17.2 Å². The molecule has 0 saturated carbocycles. The maximum absolute atomic E-state index is 11.9. The van der Waals surface area contributed by atoms with Crippen molar-refractivity contribution in [2.75, 3.05) is 13.7 Å². The largest absolute Gasteiger partial charge is 0.496 e. The summed E-state index contributed by atoms with van der Waals surface area (Å²) in [4.78, 5) is 23.6. The highest BCUT2D eigenvalue weighted by atomic mass is 79.9. The molecule has 1 aromatic carbocycles. The van der Waals surface area contributed by atoms with Gasteiger partial charge in [-0.1, -0.05) is 29.8 Å². The number of benzene rings is 1. The highest BCUT2D eigenvalue weighted by molar-refractivity contribution is 9.10. The van der Waals surface area contributed by atoms with Crippen LogP contribution in [0.4, 0.5) is 0 Å². The van der Waals surface area contributed by atoms with Crippen LogP contribution < -0.4 is 10.1 Å². The van der Waals surface area contributed by atoms with E-state index in [4.69, 9.17) is 14.7 Å². The first kappa shape index (κ1) is 20.7. The Kier molecular flexibility index (Phi) is 7.65. The van der Waals surface area contributed by atoms with Gasteiger partial charge < -0.3 is 14.8 Å². The topological polar surface area (TPSA) is 88.4 Å². The van der Waals surface area contributed by atoms with Crippen molar-refractivity contribution in [2.45, 2.75) is 26.3 Å². The van der Waals surface area contributed by atoms with E-state index in [-0.39, 0.29) is 5.92 Å². The maximum Gasteiger partial charge on any atom is 0.331 e. The molecule has 0 spiro atoms. The molecule has 0 fully saturated rings. The Bertz CT molecular complexity index is 710. The lowest BCUT2D eigenvalue weighted by atomic mass is 9.90. The average Bonchev–Trinajstić information content (AvgIpc) is 2.57. The fourth-order valence-corrected chi connectivity index (χ4v) is 2.18. The summed E-state index contributed by atoms with van der Waals surface area (Å²) in [5.41, 5.74) is -0.321. The number of rotatable bonds is 7. The van der Waals surface area contributed by atoms with Crippen molar-refractivity contribution < 1.29 is 19.1 Å². The monoisotopic (exact) mass is 408 g/mol. The first-order valence-corrected chi connectivity index (χ1v) is 8.41. The standard InChI is InChI=1S/C18H21BrN2O4/c1-12(2)18(3,11-20)21-16(22)10-25-17(23)8-5-13-9-14(19)6-7-15(13)24-4/h5-9,12H,10H2,1-4H3,(H,21,22)/b8-5+/t18-/m1/s1. The average molecular weight is 409 g/mol. The Morgan fingerprint density at radius 1 is 1.44 bits per heavy atom. The molecule has 0 saturated heterocycles. The highest BCUT2D eigenvalue weighted by Crippen LogP contribution is 2.24. The van der Waals surface area contributed by atoms with Crippen LogP contribution in [0.1, 0.15) is 26.3 Å². The van der Waals surface area contributed by atoms with Crippen LogP contribution in [0.25, 0.3) is 6.08 Å². The molecule has 0 heterocycles. The van der Waals surface area contributed by atoms with Gasteiger partial charge in [0.05, 0.1) is 13.2 Å². The summed E-state index contributed by atoms with van der Waals surface area (Å²) >= 11 is 3.34. The van der Waals surface area contributed by atoms with E-state index in [1.54, 1.807) is 19.1 Å². The van der Waals surface area contributed by atoms with E-state index in [0.717, 1.165) is 4.47 Å². The van der Waals surface area contributed by atoms with E-state index in [2.05, 4.69) is 27.3 Å². The third-order valence-electron chi connectivity index (χ3n) is 3.72. The maximum atomic E-state index is 11.9. The second-order valence-corrected chi connectivity index (χ2v) is 6.76. The van der Waals surface area contributed by atoms with Gasteiger partial charge in [0.1, 0.15) is 11.3 Å². The Hall–Kier alpha value is -2.33. The van der Waals surface area contributed by atoms with Crippen molar-refractivity contribution >= 4 is 33.9 Å². The molecule has 25 heavy (non-hydrogen) atoms. The number of nitrogens with zero attached hydrogens (tertiary/aromatic N) is 1. The van der Waals surface area contributed by atoms with Crippen LogP contribution >= 0.6 is 15.9 Å². The van der Waals surface area contributed by atoms with Crippen molar-refractivity contribution in [1.29, 1.82) is 5.26 Å². The number of amides is 1. The van der Waals surface area contributed by atoms with Crippen molar-refractivity contribution in [3.05, 3.63) is 34.3 Å². The summed E-state index contributed by atoms with van der Waals surface area (Å²) in [5, 5.41) is 11.7. The number of nitrogens with one attached hydrogen (secondary N) is 1. The molecule has 0 unspecified atom stereocenters. The van der Waals surface area contributed by atoms with Crippen molar-refractivity contribution in [1.82, 2.24) is 5.32 Å². The predicted octanol–water partition coefficient (Wildman–Crippen LogP) is 3.07. The van der Waals surface area contributed by atoms with E-state index in [0.29, 0.717) is 11.3 Å². The zero-order valence-electron chi connectivity index (χ0n) is 14.6. The van der Waals surface area contributed by atoms with E-state index in [9.17, 15) is 9.59 Å². The Morgan fingerprint density at radius 2 is 2.12 bits per heavy atom. The number of carbonyl (C=O) groups is 2. The molecule has 1 rings (SSSR count). The molecule has 0 aliphatic rings. The minimum atomic E-state index is -1.01. The van der Waals surface area contributed by atoms with Crippen molar-refractivity contribution in [2.24, 2.45) is 5.92 Å². The number of esters is 1. The lowest BCUT2D eigenvalue weighted by molar-refractivity contribution is -0.144. The van der Waals surface area contributed by atoms with Crippen LogP contribution in [0.5, 0.6) is 5.75 Å². The van der Waals surface area contributed by atoms with Crippen LogP contribution in [-0.2, 0) is 14.3 Å². The predicted molar refractivity (Wildman–Crippen MR) is 97.7 cm³/mol. The second-order valence-electron chi connectivity index (χ2n) is 5.84. The summed E-state index contributed by atoms with van der Waals surface area (Å²) in [7, 11) is 1.53. The zero-order chi connectivity index (χ0) is 19.0. The van der Waals surface area contributed by atoms with Gasteiger partial charge in [-0.25, -0.2) is 4.79 Å². The smallest absolute Gasteiger partial charge is 0.331 e. The van der Waals surface area contributed by atoms with Gasteiger partial charge >= 0.3 is 5.97 Å². The van der Waals surface area contributed by atoms with Crippen LogP contribution in [-0.4, -0.2) is 31.1 Å². The van der Waals surface area contributed by atoms with Gasteiger partial charge in [0.25, 0.3) is 5.91 Å². The molecule has 0 aromatic heterocycles. The van der Waals surface area contributed by atoms with Gasteiger partial charge in [-0.3, -0.25) is 4.79 Å². The fraction of sp³-hybridized carbons (Fsp3) is 0.389. The van der Waals surface area contributed by atoms with Crippen LogP contribution in [0.15, 0.2) is 28.7 Å². The summed E-state index contributed by atoms with van der Waals surface area (Å²) in [6, 6.07) is 7.42. The number of hydrogen-bond acceptors (Lipinski definition) is 5. The summed E-state index contributed by atoms with van der Waals surface area (Å²) in [6.45, 7) is 4.81. The number of methoxy groups -OCH3 is 1. The lowest BCUT2D eigenvalue weighted by Gasteiger charge is -2.27. The van der Waals surface area contributed by atoms with Crippen LogP contribution in [0.2, 0.25) is 0 Å². The summed E-state index contributed by atoms with van der Waals surface area (Å²) in [6.07, 6.45) is 2.75. The molecule has 134 valence electrons. The van der Waals surface area contributed by atoms with Gasteiger partial charge in [0.2, 0.25) is 0 Å². The molecular weight excluding hydrogens is 388 g/mol. The highest BCUT2D eigenvalue weighted by Gasteiger charge is 2.30. The van der Waals surface area contributed by atoms with Crippen molar-refractivity contribution in [3.63, 3.8) is 0 Å². The molecule has 0 radical (unpaired) electrons.